The van der Waals surface area contributed by atoms with Gasteiger partial charge in [-0.2, -0.15) is 0 Å². The van der Waals surface area contributed by atoms with E-state index in [0.717, 1.165) is 101 Å². The molecule has 0 N–H and O–H groups in total. The minimum absolute atomic E-state index is 0. The summed E-state index contributed by atoms with van der Waals surface area (Å²) < 4.78 is 14.4. The van der Waals surface area contributed by atoms with Crippen molar-refractivity contribution in [2.24, 2.45) is 10.8 Å². The van der Waals surface area contributed by atoms with Gasteiger partial charge in [0, 0.05) is 55.1 Å². The quantitative estimate of drug-likeness (QED) is 0.0654. The Kier molecular flexibility index (Phi) is 17.4. The summed E-state index contributed by atoms with van der Waals surface area (Å²) in [6, 6.07) is 43.2. The molecule has 2 aromatic heterocycles. The first-order valence-corrected chi connectivity index (χ1v) is 28.7. The minimum Gasteiger partial charge on any atom is -0.454 e. The monoisotopic (exact) mass is 1030 g/mol. The number of allylic oxidation sites excluding steroid dienone is 13. The van der Waals surface area contributed by atoms with Gasteiger partial charge in [0.25, 0.3) is 0 Å². The number of benzene rings is 7. The number of anilines is 5. The van der Waals surface area contributed by atoms with Gasteiger partial charge in [-0.15, -0.1) is 0 Å². The Morgan fingerprint density at radius 1 is 0.744 bits per heavy atom. The number of rotatable bonds is 13. The van der Waals surface area contributed by atoms with Crippen LogP contribution in [0.3, 0.4) is 0 Å². The molecule has 4 nitrogen and oxygen atoms in total. The highest BCUT2D eigenvalue weighted by molar-refractivity contribution is 6.28. The molecule has 7 aromatic carbocycles. The Hall–Kier alpha value is -7.56. The predicted octanol–water partition coefficient (Wildman–Crippen LogP) is 23.4. The van der Waals surface area contributed by atoms with Crippen molar-refractivity contribution in [3.05, 3.63) is 210 Å². The number of hydrogen-bond donors (Lipinski definition) is 0. The molecule has 0 amide bonds. The van der Waals surface area contributed by atoms with E-state index in [9.17, 15) is 0 Å². The van der Waals surface area contributed by atoms with Crippen molar-refractivity contribution in [2.45, 2.75) is 136 Å². The first-order valence-electron chi connectivity index (χ1n) is 28.7. The van der Waals surface area contributed by atoms with E-state index in [1.165, 1.54) is 65.5 Å². The van der Waals surface area contributed by atoms with Gasteiger partial charge < -0.3 is 18.6 Å². The van der Waals surface area contributed by atoms with Crippen LogP contribution in [0.25, 0.3) is 65.4 Å². The van der Waals surface area contributed by atoms with Crippen molar-refractivity contribution >= 4 is 93.8 Å². The third-order valence-corrected chi connectivity index (χ3v) is 16.4. The maximum Gasteiger partial charge on any atom is 0.159 e. The van der Waals surface area contributed by atoms with Crippen LogP contribution in [0, 0.1) is 10.8 Å². The zero-order valence-electron chi connectivity index (χ0n) is 48.2. The molecule has 11 rings (SSSR count). The van der Waals surface area contributed by atoms with E-state index < -0.39 is 0 Å². The first-order chi connectivity index (χ1) is 37.5. The van der Waals surface area contributed by atoms with Crippen LogP contribution in [0.2, 0.25) is 0 Å². The summed E-state index contributed by atoms with van der Waals surface area (Å²) in [6.45, 7) is 28.3. The van der Waals surface area contributed by atoms with Gasteiger partial charge in [0.15, 0.2) is 11.2 Å². The summed E-state index contributed by atoms with van der Waals surface area (Å²) in [5, 5.41) is 9.50. The number of furan rings is 2. The topological polar surface area (TPSA) is 32.8 Å². The van der Waals surface area contributed by atoms with Gasteiger partial charge in [-0.25, -0.2) is 0 Å². The number of fused-ring (bicyclic) bond motifs is 2. The zero-order chi connectivity index (χ0) is 54.6. The molecule has 1 aliphatic heterocycles. The van der Waals surface area contributed by atoms with Crippen LogP contribution in [0.1, 0.15) is 146 Å². The molecule has 9 aromatic rings. The number of aryl methyl sites for hydroxylation is 1. The highest BCUT2D eigenvalue weighted by Crippen LogP contribution is 2.52. The van der Waals surface area contributed by atoms with E-state index in [0.29, 0.717) is 0 Å². The third kappa shape index (κ3) is 10.1. The molecule has 0 fully saturated rings. The molecular formula is C74H84N2O2. The summed E-state index contributed by atoms with van der Waals surface area (Å²) in [6.07, 6.45) is 28.4. The van der Waals surface area contributed by atoms with Crippen molar-refractivity contribution in [3.8, 4) is 0 Å². The molecule has 2 aliphatic rings. The number of nitrogens with zero attached hydrogens (tertiary/aromatic N) is 2. The molecule has 0 spiro atoms. The Morgan fingerprint density at radius 2 is 1.45 bits per heavy atom. The fourth-order valence-electron chi connectivity index (χ4n) is 11.3. The third-order valence-electron chi connectivity index (χ3n) is 16.4. The van der Waals surface area contributed by atoms with E-state index in [1.807, 2.05) is 27.7 Å². The summed E-state index contributed by atoms with van der Waals surface area (Å²) in [4.78, 5) is 4.91. The fourth-order valence-corrected chi connectivity index (χ4v) is 11.3. The molecule has 1 atom stereocenters. The van der Waals surface area contributed by atoms with E-state index in [2.05, 4.69) is 248 Å². The van der Waals surface area contributed by atoms with Crippen LogP contribution in [-0.2, 0) is 12.8 Å². The lowest BCUT2D eigenvalue weighted by Crippen LogP contribution is -2.19. The van der Waals surface area contributed by atoms with Crippen molar-refractivity contribution in [3.63, 3.8) is 0 Å². The zero-order valence-corrected chi connectivity index (χ0v) is 48.2. The van der Waals surface area contributed by atoms with E-state index in [-0.39, 0.29) is 18.3 Å². The molecule has 1 unspecified atom stereocenters. The molecule has 4 heteroatoms. The lowest BCUT2D eigenvalue weighted by atomic mass is 9.77. The second-order valence-electron chi connectivity index (χ2n) is 21.1. The molecule has 402 valence electrons. The molecule has 1 aliphatic carbocycles. The van der Waals surface area contributed by atoms with Crippen LogP contribution >= 0.6 is 0 Å². The predicted molar refractivity (Wildman–Crippen MR) is 344 cm³/mol. The Balaban J connectivity index is 0.00000157. The molecule has 0 saturated carbocycles. The lowest BCUT2D eigenvalue weighted by Gasteiger charge is -2.32. The average molecular weight is 1030 g/mol. The van der Waals surface area contributed by atoms with Gasteiger partial charge in [-0.1, -0.05) is 217 Å². The molecule has 3 heterocycles. The van der Waals surface area contributed by atoms with Crippen molar-refractivity contribution in [2.75, 3.05) is 9.80 Å². The van der Waals surface area contributed by atoms with Crippen LogP contribution in [0.4, 0.5) is 28.4 Å². The van der Waals surface area contributed by atoms with Crippen molar-refractivity contribution in [1.29, 1.82) is 0 Å². The second kappa shape index (κ2) is 24.0. The lowest BCUT2D eigenvalue weighted by molar-refractivity contribution is 0.463. The van der Waals surface area contributed by atoms with Gasteiger partial charge in [0.1, 0.15) is 11.5 Å². The summed E-state index contributed by atoms with van der Waals surface area (Å²) >= 11 is 0. The summed E-state index contributed by atoms with van der Waals surface area (Å²) in [7, 11) is 0. The maximum atomic E-state index is 7.26. The molecule has 2 bridgehead atoms. The molecule has 78 heavy (non-hydrogen) atoms. The number of para-hydroxylation sites is 2. The first kappa shape index (κ1) is 56.6. The molecule has 0 radical (unpaired) electrons. The average Bonchev–Trinajstić information content (AvgIpc) is 4.13. The summed E-state index contributed by atoms with van der Waals surface area (Å²) in [5.74, 6) is 1.91. The van der Waals surface area contributed by atoms with Crippen LogP contribution in [0.5, 0.6) is 0 Å². The second-order valence-corrected chi connectivity index (χ2v) is 21.1. The van der Waals surface area contributed by atoms with Crippen LogP contribution < -0.4 is 9.80 Å². The van der Waals surface area contributed by atoms with E-state index >= 15 is 0 Å². The Bertz CT molecular complexity index is 3800. The highest BCUT2D eigenvalue weighted by Gasteiger charge is 2.34. The van der Waals surface area contributed by atoms with E-state index in [4.69, 9.17) is 8.83 Å². The van der Waals surface area contributed by atoms with Gasteiger partial charge in [-0.05, 0) is 133 Å². The summed E-state index contributed by atoms with van der Waals surface area (Å²) in [5.41, 5.74) is 14.2. The van der Waals surface area contributed by atoms with Crippen molar-refractivity contribution in [1.82, 2.24) is 0 Å². The van der Waals surface area contributed by atoms with Gasteiger partial charge in [0.05, 0.1) is 22.7 Å². The van der Waals surface area contributed by atoms with Crippen molar-refractivity contribution < 1.29 is 8.83 Å². The van der Waals surface area contributed by atoms with E-state index in [1.54, 1.807) is 0 Å². The normalized spacial score (nSPS) is 16.7. The highest BCUT2D eigenvalue weighted by atomic mass is 16.3. The largest absolute Gasteiger partial charge is 0.454 e. The van der Waals surface area contributed by atoms with Crippen LogP contribution in [-0.4, -0.2) is 0 Å². The van der Waals surface area contributed by atoms with Gasteiger partial charge >= 0.3 is 0 Å². The molecule has 0 saturated heterocycles. The molecular weight excluding hydrogens is 949 g/mol. The smallest absolute Gasteiger partial charge is 0.159 e. The van der Waals surface area contributed by atoms with Gasteiger partial charge in [0.2, 0.25) is 0 Å². The fraction of sp³-hybridized carbons (Fsp3) is 0.297. The Labute approximate surface area is 466 Å². The maximum absolute atomic E-state index is 7.26. The number of hydrogen-bond acceptors (Lipinski definition) is 4. The van der Waals surface area contributed by atoms with Crippen LogP contribution in [0.15, 0.2) is 196 Å². The SMILES string of the molecule is C.C/C=C\C=C(/c1cc2cccc(N(c3ccc(CC)cc3)c3ccc4ccc5c(N6C(=C/CC=C(C)CC)/C=C/C(C)(CC)C7=CC=CCc8c7oc7c6cccc87)ccc6ccc3c4c65)c2o1)C(C)(C)CC.CC.CC. The van der Waals surface area contributed by atoms with Gasteiger partial charge in [-0.3, -0.25) is 0 Å². The Morgan fingerprint density at radius 3 is 2.15 bits per heavy atom. The standard InChI is InChI=1S/C69H68N2O2.2C2H6.CH4/c1-10-15-26-56(68(7,8)13-4)62-44-49-22-19-28-60(65(49)72-62)71(51-36-30-46(12-3)31-37-51)59-41-35-48-32-38-54-58(40-34-47-33-39-55(59)64(48)63(47)54)70-50(23-18-21-45(6)11-2)42-43-69(9,14-5)57-27-17-16-24-52-53-25-20-29-61(70)67(53)73-66(52)57;2*1-2;/h10,15-17,19-23,25-44H,11-14,18,24H2,1-9H3;2*1-2H3;1H4/b15-10-,43-42+,45-21?,50-23+,56-26+;;;. The minimum atomic E-state index is -0.268.